The van der Waals surface area contributed by atoms with E-state index in [4.69, 9.17) is 0 Å². The van der Waals surface area contributed by atoms with Gasteiger partial charge in [-0.25, -0.2) is 0 Å². The lowest BCUT2D eigenvalue weighted by Crippen LogP contribution is -2.01. The van der Waals surface area contributed by atoms with Gasteiger partial charge >= 0.3 is 0 Å². The van der Waals surface area contributed by atoms with E-state index in [1.54, 1.807) is 0 Å². The number of aromatic nitrogens is 3. The van der Waals surface area contributed by atoms with Gasteiger partial charge in [0.05, 0.1) is 22.1 Å². The van der Waals surface area contributed by atoms with Gasteiger partial charge in [-0.05, 0) is 239 Å². The number of aromatic amines is 1. The molecule has 25 rings (SSSR count). The van der Waals surface area contributed by atoms with Gasteiger partial charge in [0, 0.05) is 63.7 Å². The quantitative estimate of drug-likeness (QED) is 0.132. The third-order valence-electron chi connectivity index (χ3n) is 25.2. The van der Waals surface area contributed by atoms with Crippen LogP contribution in [-0.4, -0.2) is 14.1 Å². The molecule has 0 bridgehead atoms. The van der Waals surface area contributed by atoms with E-state index in [0.717, 1.165) is 20.3 Å². The summed E-state index contributed by atoms with van der Waals surface area (Å²) in [6.07, 6.45) is 0. The van der Waals surface area contributed by atoms with Crippen LogP contribution in [0.1, 0.15) is 7.43 Å². The lowest BCUT2D eigenvalue weighted by atomic mass is 9.76. The summed E-state index contributed by atoms with van der Waals surface area (Å²) in [5.41, 5.74) is 28.8. The molecule has 22 aromatic carbocycles. The fourth-order valence-electron chi connectivity index (χ4n) is 20.1. The van der Waals surface area contributed by atoms with Crippen LogP contribution in [0.3, 0.4) is 0 Å². The lowest BCUT2D eigenvalue weighted by molar-refractivity contribution is 1.18. The van der Waals surface area contributed by atoms with E-state index in [-0.39, 0.29) is 7.43 Å². The summed E-state index contributed by atoms with van der Waals surface area (Å²) in [5.74, 6) is 0. The second kappa shape index (κ2) is 32.5. The number of nitrogens with zero attached hydrogens (tertiary/aromatic N) is 2. The van der Waals surface area contributed by atoms with Crippen LogP contribution in [0.15, 0.2) is 470 Å². The Hall–Kier alpha value is -15.2. The minimum absolute atomic E-state index is 0. The Morgan fingerprint density at radius 3 is 0.611 bits per heavy atom. The van der Waals surface area contributed by atoms with E-state index in [1.807, 2.05) is 0 Å². The molecule has 0 unspecified atom stereocenters. The summed E-state index contributed by atoms with van der Waals surface area (Å²) >= 11 is 7.69. The molecule has 0 spiro atoms. The molecule has 0 aliphatic heterocycles. The van der Waals surface area contributed by atoms with Gasteiger partial charge < -0.3 is 14.1 Å². The molecule has 0 atom stereocenters. The first kappa shape index (κ1) is 76.9. The van der Waals surface area contributed by atoms with Gasteiger partial charge in [-0.2, -0.15) is 0 Å². The zero-order valence-electron chi connectivity index (χ0n) is 68.0. The number of para-hydroxylation sites is 6. The fourth-order valence-corrected chi connectivity index (χ4v) is 20.8. The molecule has 0 radical (unpaired) electrons. The molecule has 0 amide bonds. The van der Waals surface area contributed by atoms with Crippen LogP contribution in [0.5, 0.6) is 0 Å². The number of benzene rings is 22. The Balaban J connectivity index is 0.000000137. The number of hydrogen-bond donors (Lipinski definition) is 1. The molecule has 0 fully saturated rings. The minimum atomic E-state index is 0. The van der Waals surface area contributed by atoms with Crippen molar-refractivity contribution in [3.63, 3.8) is 0 Å². The van der Waals surface area contributed by atoms with Crippen LogP contribution in [-0.2, 0) is 0 Å². The molecule has 5 heteroatoms. The Morgan fingerprint density at radius 2 is 0.357 bits per heavy atom. The van der Waals surface area contributed by atoms with Crippen molar-refractivity contribution < 1.29 is 0 Å². The number of nitrogens with one attached hydrogen (secondary N) is 1. The standard InChI is InChI=1S/C66H42N2.C42H26Br2.C12H9N.CH4/c1-5-21-43(22-6-1)61-62(44-23-7-2-8-24-44)64(46-27-11-4-12-28-46)66-56-42-48(68-59-35-19-15-31-53(59)54-32-16-20-36-60(54)68)38-40-50(56)49-39-37-47(41-55(49)65(66)63(61)45-25-9-3-10-26-45)67-57-33-17-13-29-51(57)52-30-14-18-34-58(52)67;43-31-21-23-33-34-24-22-32(44)26-36(34)42-40(30-19-11-4-12-20-30)38(28-15-7-2-8-16-28)37(27-13-5-1-6-14-27)39(41(42)35(33)25-31)29-17-9-3-10-18-29;1-3-7-11-9(5-1)10-6-2-4-8-12(10)13-11;/h1-42H;1-26H;1-8,13H;1H4. The number of fused-ring (bicyclic) bond motifs is 21. The van der Waals surface area contributed by atoms with Crippen molar-refractivity contribution in [1.82, 2.24) is 14.1 Å². The SMILES string of the molecule is Brc1ccc2c3ccc(Br)cc3c3c(-c4ccccc4)c(-c4ccccc4)c(-c4ccccc4)c(-c4ccccc4)c3c2c1.C.c1ccc(-c2c(-c3ccccc3)c(-c3ccccc3)c3c4cc(-n5c6ccccc6c6ccccc65)ccc4c4ccc(-n5c6ccccc6c6ccccc65)cc4c3c2-c2ccccc2)cc1.c1ccc2c(c1)[nH]c1ccccc12. The molecule has 0 saturated carbocycles. The van der Waals surface area contributed by atoms with Crippen molar-refractivity contribution in [2.45, 2.75) is 7.43 Å². The number of hydrogen-bond acceptors (Lipinski definition) is 0. The van der Waals surface area contributed by atoms with Gasteiger partial charge in [0.15, 0.2) is 0 Å². The van der Waals surface area contributed by atoms with Crippen molar-refractivity contribution in [3.05, 3.63) is 470 Å². The molecule has 3 nitrogen and oxygen atoms in total. The van der Waals surface area contributed by atoms with Crippen LogP contribution < -0.4 is 0 Å². The number of halogens is 2. The Kier molecular flexibility index (Phi) is 19.8. The largest absolute Gasteiger partial charge is 0.355 e. The third kappa shape index (κ3) is 13.1. The third-order valence-corrected chi connectivity index (χ3v) is 26.2. The maximum atomic E-state index is 3.85. The highest BCUT2D eigenvalue weighted by Crippen LogP contribution is 2.58. The summed E-state index contributed by atoms with van der Waals surface area (Å²) < 4.78 is 7.05. The average molecular weight is 1740 g/mol. The van der Waals surface area contributed by atoms with E-state index < -0.39 is 0 Å². The molecular formula is C121H81Br2N3. The second-order valence-corrected chi connectivity index (χ2v) is 34.1. The smallest absolute Gasteiger partial charge is 0.0541 e. The maximum Gasteiger partial charge on any atom is 0.0541 e. The fraction of sp³-hybridized carbons (Fsp3) is 0.00826. The highest BCUT2D eigenvalue weighted by Gasteiger charge is 2.31. The van der Waals surface area contributed by atoms with E-state index >= 15 is 0 Å². The Morgan fingerprint density at radius 1 is 0.159 bits per heavy atom. The summed E-state index contributed by atoms with van der Waals surface area (Å²) in [7, 11) is 0. The molecule has 3 aromatic heterocycles. The first-order chi connectivity index (χ1) is 61.9. The van der Waals surface area contributed by atoms with Crippen molar-refractivity contribution in [1.29, 1.82) is 0 Å². The number of H-pyrrole nitrogens is 1. The van der Waals surface area contributed by atoms with Crippen LogP contribution >= 0.6 is 31.9 Å². The zero-order valence-corrected chi connectivity index (χ0v) is 71.2. The average Bonchev–Trinajstić information content (AvgIpc) is 0.997. The monoisotopic (exact) mass is 1730 g/mol. The molecule has 0 aliphatic carbocycles. The van der Waals surface area contributed by atoms with Gasteiger partial charge in [0.1, 0.15) is 0 Å². The van der Waals surface area contributed by atoms with Crippen molar-refractivity contribution in [3.8, 4) is 100 Å². The minimum Gasteiger partial charge on any atom is -0.355 e. The van der Waals surface area contributed by atoms with E-state index in [2.05, 4.69) is 507 Å². The summed E-state index contributed by atoms with van der Waals surface area (Å²) in [5, 5.41) is 22.4. The lowest BCUT2D eigenvalue weighted by Gasteiger charge is -2.27. The normalized spacial score (nSPS) is 11.5. The van der Waals surface area contributed by atoms with Gasteiger partial charge in [-0.15, -0.1) is 0 Å². The molecule has 594 valence electrons. The van der Waals surface area contributed by atoms with Gasteiger partial charge in [-0.3, -0.25) is 0 Å². The van der Waals surface area contributed by atoms with E-state index in [0.29, 0.717) is 0 Å². The molecular weight excluding hydrogens is 1660 g/mol. The van der Waals surface area contributed by atoms with Gasteiger partial charge in [-0.1, -0.05) is 415 Å². The highest BCUT2D eigenvalue weighted by molar-refractivity contribution is 9.10. The summed E-state index contributed by atoms with van der Waals surface area (Å²) in [6.45, 7) is 0. The predicted molar refractivity (Wildman–Crippen MR) is 548 cm³/mol. The first-order valence-electron chi connectivity index (χ1n) is 42.7. The first-order valence-corrected chi connectivity index (χ1v) is 44.3. The topological polar surface area (TPSA) is 25.6 Å². The predicted octanol–water partition coefficient (Wildman–Crippen LogP) is 35.3. The number of rotatable bonds is 10. The molecule has 126 heavy (non-hydrogen) atoms. The molecule has 3 heterocycles. The van der Waals surface area contributed by atoms with Gasteiger partial charge in [0.25, 0.3) is 0 Å². The molecule has 0 saturated heterocycles. The summed E-state index contributed by atoms with van der Waals surface area (Å²) in [4.78, 5) is 3.38. The van der Waals surface area contributed by atoms with Crippen molar-refractivity contribution in [2.75, 3.05) is 0 Å². The molecule has 25 aromatic rings. The highest BCUT2D eigenvalue weighted by atomic mass is 79.9. The Bertz CT molecular complexity index is 7900. The van der Waals surface area contributed by atoms with E-state index in [1.165, 1.54) is 219 Å². The molecule has 0 aliphatic rings. The van der Waals surface area contributed by atoms with Crippen molar-refractivity contribution in [2.24, 2.45) is 0 Å². The van der Waals surface area contributed by atoms with Crippen LogP contribution in [0.25, 0.3) is 230 Å². The molecule has 1 N–H and O–H groups in total. The van der Waals surface area contributed by atoms with Gasteiger partial charge in [0.2, 0.25) is 0 Å². The maximum absolute atomic E-state index is 3.85. The van der Waals surface area contributed by atoms with Crippen molar-refractivity contribution >= 4 is 162 Å². The van der Waals surface area contributed by atoms with Crippen LogP contribution in [0.2, 0.25) is 0 Å². The zero-order chi connectivity index (χ0) is 83.0. The van der Waals surface area contributed by atoms with Crippen LogP contribution in [0, 0.1) is 0 Å². The van der Waals surface area contributed by atoms with Crippen LogP contribution in [0.4, 0.5) is 0 Å². The second-order valence-electron chi connectivity index (χ2n) is 32.2. The Labute approximate surface area is 747 Å². The summed E-state index contributed by atoms with van der Waals surface area (Å²) in [6, 6.07) is 168. The van der Waals surface area contributed by atoms with E-state index in [9.17, 15) is 0 Å².